The van der Waals surface area contributed by atoms with Crippen molar-refractivity contribution >= 4 is 23.2 Å². The normalized spacial score (nSPS) is 13.5. The molecule has 34 heavy (non-hydrogen) atoms. The standard InChI is InChI=1S/C28H29FN2O3/c1-34-26-15-11-24(12-16-26)30-27(32)18-20-9-13-25(14-10-20)31(28(33)22-6-2-3-7-22)19-21-5-4-8-23(29)17-21/h4-5,8-17,22H,2-3,6-7,18-19H2,1H3,(H,30,32). The number of ether oxygens (including phenoxy) is 1. The van der Waals surface area contributed by atoms with E-state index in [4.69, 9.17) is 4.74 Å². The van der Waals surface area contributed by atoms with Crippen LogP contribution in [0.25, 0.3) is 0 Å². The lowest BCUT2D eigenvalue weighted by atomic mass is 10.0. The van der Waals surface area contributed by atoms with Crippen molar-refractivity contribution in [2.24, 2.45) is 5.92 Å². The first-order chi connectivity index (χ1) is 16.5. The summed E-state index contributed by atoms with van der Waals surface area (Å²) in [6.45, 7) is 0.310. The van der Waals surface area contributed by atoms with Gasteiger partial charge in [-0.05, 0) is 72.5 Å². The van der Waals surface area contributed by atoms with E-state index in [0.29, 0.717) is 12.2 Å². The van der Waals surface area contributed by atoms with Crippen molar-refractivity contribution in [2.75, 3.05) is 17.3 Å². The lowest BCUT2D eigenvalue weighted by Gasteiger charge is -2.26. The van der Waals surface area contributed by atoms with Crippen molar-refractivity contribution in [3.8, 4) is 5.75 Å². The highest BCUT2D eigenvalue weighted by Crippen LogP contribution is 2.30. The number of anilines is 2. The maximum atomic E-state index is 13.7. The predicted molar refractivity (Wildman–Crippen MR) is 131 cm³/mol. The van der Waals surface area contributed by atoms with E-state index in [1.54, 1.807) is 42.3 Å². The number of amides is 2. The van der Waals surface area contributed by atoms with Crippen LogP contribution in [0.2, 0.25) is 0 Å². The zero-order valence-corrected chi connectivity index (χ0v) is 19.3. The first-order valence-electron chi connectivity index (χ1n) is 11.6. The summed E-state index contributed by atoms with van der Waals surface area (Å²) in [7, 11) is 1.60. The summed E-state index contributed by atoms with van der Waals surface area (Å²) in [4.78, 5) is 27.5. The van der Waals surface area contributed by atoms with Gasteiger partial charge in [-0.25, -0.2) is 4.39 Å². The molecule has 0 atom stereocenters. The summed E-state index contributed by atoms with van der Waals surface area (Å²) in [5.41, 5.74) is 3.04. The van der Waals surface area contributed by atoms with Crippen molar-refractivity contribution in [1.29, 1.82) is 0 Å². The van der Waals surface area contributed by atoms with Gasteiger partial charge in [0, 0.05) is 17.3 Å². The van der Waals surface area contributed by atoms with Gasteiger partial charge in [0.1, 0.15) is 11.6 Å². The third-order valence-corrected chi connectivity index (χ3v) is 6.19. The monoisotopic (exact) mass is 460 g/mol. The highest BCUT2D eigenvalue weighted by atomic mass is 19.1. The highest BCUT2D eigenvalue weighted by Gasteiger charge is 2.28. The summed E-state index contributed by atoms with van der Waals surface area (Å²) in [5, 5.41) is 2.88. The Hall–Kier alpha value is -3.67. The molecule has 0 saturated heterocycles. The molecule has 0 unspecified atom stereocenters. The molecule has 6 heteroatoms. The molecule has 1 N–H and O–H groups in total. The van der Waals surface area contributed by atoms with E-state index in [1.165, 1.54) is 12.1 Å². The molecule has 4 rings (SSSR count). The number of hydrogen-bond acceptors (Lipinski definition) is 3. The maximum Gasteiger partial charge on any atom is 0.230 e. The van der Waals surface area contributed by atoms with E-state index in [2.05, 4.69) is 5.32 Å². The summed E-state index contributed by atoms with van der Waals surface area (Å²) in [6, 6.07) is 21.0. The molecule has 5 nitrogen and oxygen atoms in total. The number of carbonyl (C=O) groups is 2. The number of nitrogens with one attached hydrogen (secondary N) is 1. The number of methoxy groups -OCH3 is 1. The number of rotatable bonds is 8. The average molecular weight is 461 g/mol. The first-order valence-corrected chi connectivity index (χ1v) is 11.6. The van der Waals surface area contributed by atoms with E-state index < -0.39 is 0 Å². The van der Waals surface area contributed by atoms with Crippen molar-refractivity contribution in [3.63, 3.8) is 0 Å². The highest BCUT2D eigenvalue weighted by molar-refractivity contribution is 5.95. The van der Waals surface area contributed by atoms with Crippen LogP contribution in [0.4, 0.5) is 15.8 Å². The van der Waals surface area contributed by atoms with Crippen molar-refractivity contribution < 1.29 is 18.7 Å². The lowest BCUT2D eigenvalue weighted by molar-refractivity contribution is -0.122. The Morgan fingerprint density at radius 1 is 0.971 bits per heavy atom. The molecule has 1 aliphatic rings. The van der Waals surface area contributed by atoms with Gasteiger partial charge < -0.3 is 15.0 Å². The Balaban J connectivity index is 1.46. The Labute approximate surface area is 199 Å². The van der Waals surface area contributed by atoms with Crippen LogP contribution in [-0.4, -0.2) is 18.9 Å². The average Bonchev–Trinajstić information content (AvgIpc) is 3.38. The van der Waals surface area contributed by atoms with Crippen LogP contribution in [0, 0.1) is 11.7 Å². The smallest absolute Gasteiger partial charge is 0.230 e. The van der Waals surface area contributed by atoms with Crippen LogP contribution < -0.4 is 15.0 Å². The van der Waals surface area contributed by atoms with Gasteiger partial charge in [0.05, 0.1) is 20.1 Å². The van der Waals surface area contributed by atoms with E-state index in [0.717, 1.165) is 48.2 Å². The van der Waals surface area contributed by atoms with Gasteiger partial charge in [0.2, 0.25) is 11.8 Å². The maximum absolute atomic E-state index is 13.7. The van der Waals surface area contributed by atoms with Gasteiger partial charge in [-0.15, -0.1) is 0 Å². The zero-order chi connectivity index (χ0) is 23.9. The van der Waals surface area contributed by atoms with E-state index in [9.17, 15) is 14.0 Å². The molecule has 1 saturated carbocycles. The fraction of sp³-hybridized carbons (Fsp3) is 0.286. The summed E-state index contributed by atoms with van der Waals surface area (Å²) in [6.07, 6.45) is 4.12. The molecule has 3 aromatic rings. The van der Waals surface area contributed by atoms with Gasteiger partial charge in [-0.3, -0.25) is 9.59 Å². The van der Waals surface area contributed by atoms with Crippen molar-refractivity contribution in [1.82, 2.24) is 0 Å². The third-order valence-electron chi connectivity index (χ3n) is 6.19. The number of benzene rings is 3. The predicted octanol–water partition coefficient (Wildman–Crippen LogP) is 5.74. The summed E-state index contributed by atoms with van der Waals surface area (Å²) in [5.74, 6) is 0.361. The molecule has 0 spiro atoms. The molecule has 0 heterocycles. The van der Waals surface area contributed by atoms with Crippen LogP contribution >= 0.6 is 0 Å². The molecule has 0 aliphatic heterocycles. The van der Waals surface area contributed by atoms with E-state index in [-0.39, 0.29) is 30.0 Å². The lowest BCUT2D eigenvalue weighted by Crippen LogP contribution is -2.35. The second kappa shape index (κ2) is 11.0. The molecule has 1 fully saturated rings. The minimum absolute atomic E-state index is 0.00325. The van der Waals surface area contributed by atoms with Crippen LogP contribution in [0.15, 0.2) is 72.8 Å². The number of hydrogen-bond donors (Lipinski definition) is 1. The topological polar surface area (TPSA) is 58.6 Å². The van der Waals surface area contributed by atoms with Gasteiger partial charge in [0.25, 0.3) is 0 Å². The van der Waals surface area contributed by atoms with Crippen LogP contribution in [0.1, 0.15) is 36.8 Å². The Kier molecular flexibility index (Phi) is 7.58. The van der Waals surface area contributed by atoms with Crippen molar-refractivity contribution in [3.05, 3.63) is 89.7 Å². The second-order valence-corrected chi connectivity index (χ2v) is 8.66. The largest absolute Gasteiger partial charge is 0.497 e. The van der Waals surface area contributed by atoms with Gasteiger partial charge in [-0.2, -0.15) is 0 Å². The molecular weight excluding hydrogens is 431 g/mol. The zero-order valence-electron chi connectivity index (χ0n) is 19.3. The molecule has 0 aromatic heterocycles. The quantitative estimate of drug-likeness (QED) is 0.466. The number of carbonyl (C=O) groups excluding carboxylic acids is 2. The van der Waals surface area contributed by atoms with E-state index >= 15 is 0 Å². The fourth-order valence-electron chi connectivity index (χ4n) is 4.37. The molecule has 0 bridgehead atoms. The fourth-order valence-corrected chi connectivity index (χ4v) is 4.37. The number of halogens is 1. The molecule has 2 amide bonds. The summed E-state index contributed by atoms with van der Waals surface area (Å²) < 4.78 is 18.9. The van der Waals surface area contributed by atoms with Crippen LogP contribution in [0.3, 0.4) is 0 Å². The minimum atomic E-state index is -0.316. The SMILES string of the molecule is COc1ccc(NC(=O)Cc2ccc(N(Cc3cccc(F)c3)C(=O)C3CCCC3)cc2)cc1. The molecule has 176 valence electrons. The van der Waals surface area contributed by atoms with Gasteiger partial charge >= 0.3 is 0 Å². The van der Waals surface area contributed by atoms with Gasteiger partial charge in [0.15, 0.2) is 0 Å². The number of nitrogens with zero attached hydrogens (tertiary/aromatic N) is 1. The van der Waals surface area contributed by atoms with Crippen molar-refractivity contribution in [2.45, 2.75) is 38.6 Å². The van der Waals surface area contributed by atoms with Gasteiger partial charge in [-0.1, -0.05) is 37.1 Å². The molecule has 0 radical (unpaired) electrons. The second-order valence-electron chi connectivity index (χ2n) is 8.66. The Morgan fingerprint density at radius 3 is 2.32 bits per heavy atom. The van der Waals surface area contributed by atoms with Crippen LogP contribution in [0.5, 0.6) is 5.75 Å². The third kappa shape index (κ3) is 6.01. The molecular formula is C28H29FN2O3. The molecule has 1 aliphatic carbocycles. The minimum Gasteiger partial charge on any atom is -0.497 e. The molecule has 3 aromatic carbocycles. The Morgan fingerprint density at radius 2 is 1.68 bits per heavy atom. The van der Waals surface area contributed by atoms with E-state index in [1.807, 2.05) is 30.3 Å². The van der Waals surface area contributed by atoms with Crippen LogP contribution in [-0.2, 0) is 22.6 Å². The summed E-state index contributed by atoms with van der Waals surface area (Å²) >= 11 is 0. The Bertz CT molecular complexity index is 1120. The first kappa shape index (κ1) is 23.5.